The van der Waals surface area contributed by atoms with Gasteiger partial charge in [0.1, 0.15) is 10.7 Å². The number of carbonyl (C=O) groups excluding carboxylic acids is 2. The molecule has 0 atom stereocenters. The highest BCUT2D eigenvalue weighted by Gasteiger charge is 2.21. The molecule has 0 bridgehead atoms. The molecule has 0 radical (unpaired) electrons. The second-order valence-corrected chi connectivity index (χ2v) is 10.1. The predicted octanol–water partition coefficient (Wildman–Crippen LogP) is 6.65. The monoisotopic (exact) mass is 568 g/mol. The van der Waals surface area contributed by atoms with Gasteiger partial charge in [-0.3, -0.25) is 4.79 Å². The third-order valence-corrected chi connectivity index (χ3v) is 7.25. The molecule has 3 aromatic carbocycles. The Morgan fingerprint density at radius 2 is 1.63 bits per heavy atom. The minimum absolute atomic E-state index is 0.204. The van der Waals surface area contributed by atoms with Gasteiger partial charge in [-0.15, -0.1) is 11.3 Å². The molecule has 4 aromatic rings. The van der Waals surface area contributed by atoms with Crippen molar-refractivity contribution in [1.29, 1.82) is 0 Å². The molecule has 196 valence electrons. The van der Waals surface area contributed by atoms with Crippen LogP contribution in [0, 0.1) is 0 Å². The first-order chi connectivity index (χ1) is 18.4. The zero-order valence-electron chi connectivity index (χ0n) is 20.6. The fraction of sp³-hybridized carbons (Fsp3) is 0.179. The summed E-state index contributed by atoms with van der Waals surface area (Å²) >= 11 is 13.4. The van der Waals surface area contributed by atoms with Crippen LogP contribution in [0.15, 0.2) is 84.2 Å². The Bertz CT molecular complexity index is 1330. The van der Waals surface area contributed by atoms with Gasteiger partial charge in [0, 0.05) is 24.7 Å². The van der Waals surface area contributed by atoms with E-state index in [-0.39, 0.29) is 24.5 Å². The molecule has 10 heteroatoms. The number of benzene rings is 3. The third-order valence-electron chi connectivity index (χ3n) is 5.68. The van der Waals surface area contributed by atoms with Gasteiger partial charge in [-0.05, 0) is 29.3 Å². The lowest BCUT2D eigenvalue weighted by molar-refractivity contribution is 0.0938. The van der Waals surface area contributed by atoms with Crippen molar-refractivity contribution in [2.45, 2.75) is 12.6 Å². The van der Waals surface area contributed by atoms with Gasteiger partial charge in [0.25, 0.3) is 5.91 Å². The first kappa shape index (κ1) is 27.6. The Kier molecular flexibility index (Phi) is 9.73. The highest BCUT2D eigenvalue weighted by molar-refractivity contribution is 7.09. The van der Waals surface area contributed by atoms with Crippen LogP contribution in [0.5, 0.6) is 0 Å². The summed E-state index contributed by atoms with van der Waals surface area (Å²) in [6.07, 6.45) is 0. The number of amides is 3. The van der Waals surface area contributed by atoms with Gasteiger partial charge in [-0.2, -0.15) is 0 Å². The smallest absolute Gasteiger partial charge is 0.322 e. The van der Waals surface area contributed by atoms with Gasteiger partial charge >= 0.3 is 6.03 Å². The Morgan fingerprint density at radius 1 is 0.974 bits per heavy atom. The molecule has 1 heterocycles. The van der Waals surface area contributed by atoms with E-state index in [1.165, 1.54) is 11.3 Å². The molecule has 38 heavy (non-hydrogen) atoms. The van der Waals surface area contributed by atoms with Gasteiger partial charge in [0.2, 0.25) is 0 Å². The van der Waals surface area contributed by atoms with Crippen molar-refractivity contribution in [3.05, 3.63) is 116 Å². The van der Waals surface area contributed by atoms with E-state index in [2.05, 4.69) is 15.6 Å². The van der Waals surface area contributed by atoms with E-state index < -0.39 is 0 Å². The summed E-state index contributed by atoms with van der Waals surface area (Å²) in [5, 5.41) is 8.97. The number of hydrogen-bond acceptors (Lipinski definition) is 5. The summed E-state index contributed by atoms with van der Waals surface area (Å²) in [5.74, 6) is -0.297. The van der Waals surface area contributed by atoms with Crippen molar-refractivity contribution in [2.75, 3.05) is 25.6 Å². The minimum atomic E-state index is -0.352. The second-order valence-electron chi connectivity index (χ2n) is 8.33. The highest BCUT2D eigenvalue weighted by Crippen LogP contribution is 2.26. The standard InChI is InChI=1S/C28H26Cl2N4O3S/c1-37-15-14-34(28(36)31-21-12-13-22(29)23(30)16-21)17-25-32-24(18-38-25)27(35)33-26(19-8-4-2-5-9-19)20-10-6-3-7-11-20/h2-13,16,18,26H,14-15,17H2,1H3,(H,31,36)(H,33,35). The van der Waals surface area contributed by atoms with Crippen molar-refractivity contribution in [1.82, 2.24) is 15.2 Å². The number of urea groups is 1. The van der Waals surface area contributed by atoms with Crippen LogP contribution in [0.1, 0.15) is 32.7 Å². The Balaban J connectivity index is 1.47. The summed E-state index contributed by atoms with van der Waals surface area (Å²) < 4.78 is 5.18. The molecular formula is C28H26Cl2N4O3S. The molecular weight excluding hydrogens is 543 g/mol. The van der Waals surface area contributed by atoms with Crippen LogP contribution in [0.4, 0.5) is 10.5 Å². The summed E-state index contributed by atoms with van der Waals surface area (Å²) in [7, 11) is 1.57. The van der Waals surface area contributed by atoms with Crippen molar-refractivity contribution in [2.24, 2.45) is 0 Å². The quantitative estimate of drug-likeness (QED) is 0.224. The van der Waals surface area contributed by atoms with Crippen LogP contribution in [0.3, 0.4) is 0 Å². The zero-order valence-corrected chi connectivity index (χ0v) is 22.9. The molecule has 0 aliphatic carbocycles. The van der Waals surface area contributed by atoms with Crippen LogP contribution in [0.2, 0.25) is 10.0 Å². The van der Waals surface area contributed by atoms with E-state index >= 15 is 0 Å². The van der Waals surface area contributed by atoms with Crippen LogP contribution < -0.4 is 10.6 Å². The fourth-order valence-electron chi connectivity index (χ4n) is 3.74. The van der Waals surface area contributed by atoms with Crippen molar-refractivity contribution >= 4 is 52.2 Å². The number of thiazole rings is 1. The Hall–Kier alpha value is -3.43. The summed E-state index contributed by atoms with van der Waals surface area (Å²) in [5.41, 5.74) is 2.73. The maximum absolute atomic E-state index is 13.2. The Morgan fingerprint density at radius 3 is 2.24 bits per heavy atom. The van der Waals surface area contributed by atoms with Gasteiger partial charge in [0.15, 0.2) is 0 Å². The lowest BCUT2D eigenvalue weighted by Crippen LogP contribution is -2.37. The number of rotatable bonds is 10. The van der Waals surface area contributed by atoms with Gasteiger partial charge in [-0.25, -0.2) is 9.78 Å². The number of aromatic nitrogens is 1. The molecule has 0 unspecified atom stereocenters. The number of nitrogens with zero attached hydrogens (tertiary/aromatic N) is 2. The van der Waals surface area contributed by atoms with Crippen LogP contribution >= 0.6 is 34.5 Å². The fourth-order valence-corrected chi connectivity index (χ4v) is 4.82. The average Bonchev–Trinajstić information content (AvgIpc) is 3.41. The topological polar surface area (TPSA) is 83.6 Å². The maximum atomic E-state index is 13.2. The lowest BCUT2D eigenvalue weighted by Gasteiger charge is -2.22. The number of carbonyl (C=O) groups is 2. The van der Waals surface area contributed by atoms with E-state index in [9.17, 15) is 9.59 Å². The van der Waals surface area contributed by atoms with Crippen molar-refractivity contribution in [3.63, 3.8) is 0 Å². The van der Waals surface area contributed by atoms with Gasteiger partial charge < -0.3 is 20.3 Å². The normalized spacial score (nSPS) is 10.8. The second kappa shape index (κ2) is 13.4. The predicted molar refractivity (Wildman–Crippen MR) is 152 cm³/mol. The van der Waals surface area contributed by atoms with Gasteiger partial charge in [-0.1, -0.05) is 83.9 Å². The SMILES string of the molecule is COCCN(Cc1nc(C(=O)NC(c2ccccc2)c2ccccc2)cs1)C(=O)Nc1ccc(Cl)c(Cl)c1. The molecule has 7 nitrogen and oxygen atoms in total. The first-order valence-corrected chi connectivity index (χ1v) is 13.4. The molecule has 3 amide bonds. The van der Waals surface area contributed by atoms with Crippen LogP contribution in [-0.2, 0) is 11.3 Å². The van der Waals surface area contributed by atoms with E-state index in [0.29, 0.717) is 39.6 Å². The lowest BCUT2D eigenvalue weighted by atomic mass is 9.98. The number of anilines is 1. The molecule has 0 saturated heterocycles. The van der Waals surface area contributed by atoms with Crippen LogP contribution in [-0.4, -0.2) is 42.1 Å². The maximum Gasteiger partial charge on any atom is 0.322 e. The molecule has 1 aromatic heterocycles. The molecule has 0 saturated carbocycles. The van der Waals surface area contributed by atoms with Crippen LogP contribution in [0.25, 0.3) is 0 Å². The highest BCUT2D eigenvalue weighted by atomic mass is 35.5. The molecule has 0 fully saturated rings. The number of methoxy groups -OCH3 is 1. The third kappa shape index (κ3) is 7.33. The number of hydrogen-bond donors (Lipinski definition) is 2. The Labute approximate surface area is 235 Å². The number of halogens is 2. The summed E-state index contributed by atoms with van der Waals surface area (Å²) in [6, 6.07) is 23.7. The molecule has 0 spiro atoms. The van der Waals surface area contributed by atoms with Crippen molar-refractivity contribution < 1.29 is 14.3 Å². The van der Waals surface area contributed by atoms with Gasteiger partial charge in [0.05, 0.1) is 29.2 Å². The van der Waals surface area contributed by atoms with E-state index in [1.807, 2.05) is 60.7 Å². The van der Waals surface area contributed by atoms with E-state index in [4.69, 9.17) is 27.9 Å². The average molecular weight is 570 g/mol. The number of ether oxygens (including phenoxy) is 1. The zero-order chi connectivity index (χ0) is 26.9. The summed E-state index contributed by atoms with van der Waals surface area (Å²) in [4.78, 5) is 32.3. The largest absolute Gasteiger partial charge is 0.383 e. The van der Waals surface area contributed by atoms with E-state index in [0.717, 1.165) is 11.1 Å². The minimum Gasteiger partial charge on any atom is -0.383 e. The molecule has 0 aliphatic heterocycles. The summed E-state index contributed by atoms with van der Waals surface area (Å²) in [6.45, 7) is 0.869. The van der Waals surface area contributed by atoms with Crippen molar-refractivity contribution in [3.8, 4) is 0 Å². The first-order valence-electron chi connectivity index (χ1n) is 11.8. The molecule has 4 rings (SSSR count). The molecule has 2 N–H and O–H groups in total. The molecule has 0 aliphatic rings. The van der Waals surface area contributed by atoms with E-state index in [1.54, 1.807) is 35.6 Å². The number of nitrogens with one attached hydrogen (secondary N) is 2.